The van der Waals surface area contributed by atoms with Crippen molar-refractivity contribution in [3.63, 3.8) is 0 Å². The van der Waals surface area contributed by atoms with Crippen LogP contribution in [-0.2, 0) is 19.1 Å². The Bertz CT molecular complexity index is 616. The Morgan fingerprint density at radius 2 is 2.04 bits per heavy atom. The van der Waals surface area contributed by atoms with E-state index in [2.05, 4.69) is 22.9 Å². The molecule has 1 saturated heterocycles. The highest BCUT2D eigenvalue weighted by molar-refractivity contribution is 9.09. The van der Waals surface area contributed by atoms with Gasteiger partial charge in [0, 0.05) is 18.8 Å². The lowest BCUT2D eigenvalue weighted by molar-refractivity contribution is -0.173. The summed E-state index contributed by atoms with van der Waals surface area (Å²) in [5.74, 6) is -1.29. The van der Waals surface area contributed by atoms with Crippen molar-refractivity contribution in [3.05, 3.63) is 11.6 Å². The van der Waals surface area contributed by atoms with Crippen molar-refractivity contribution >= 4 is 33.7 Å². The molecule has 132 valence electrons. The molecule has 4 aliphatic rings. The van der Waals surface area contributed by atoms with Gasteiger partial charge in [-0.2, -0.15) is 0 Å². The van der Waals surface area contributed by atoms with Gasteiger partial charge < -0.3 is 4.74 Å². The lowest BCUT2D eigenvalue weighted by Crippen LogP contribution is -2.57. The third kappa shape index (κ3) is 2.54. The molecule has 0 N–H and O–H groups in total. The molecule has 5 nitrogen and oxygen atoms in total. The molecule has 5 atom stereocenters. The molecule has 0 aromatic heterocycles. The average Bonchev–Trinajstić information content (AvgIpc) is 2.72. The number of amides is 2. The molecule has 24 heavy (non-hydrogen) atoms. The third-order valence-corrected chi connectivity index (χ3v) is 6.27. The zero-order valence-corrected chi connectivity index (χ0v) is 16.0. The number of nitrogens with zero attached hydrogens (tertiary/aromatic N) is 1. The molecule has 1 aliphatic heterocycles. The normalized spacial score (nSPS) is 37.5. The van der Waals surface area contributed by atoms with Crippen molar-refractivity contribution in [1.29, 1.82) is 0 Å². The summed E-state index contributed by atoms with van der Waals surface area (Å²) in [6, 6.07) is 0. The van der Waals surface area contributed by atoms with Crippen LogP contribution in [0, 0.1) is 23.7 Å². The van der Waals surface area contributed by atoms with Crippen LogP contribution in [0.3, 0.4) is 0 Å². The quantitative estimate of drug-likeness (QED) is 0.235. The third-order valence-electron chi connectivity index (χ3n) is 5.71. The van der Waals surface area contributed by atoms with Crippen LogP contribution in [0.5, 0.6) is 0 Å². The van der Waals surface area contributed by atoms with Crippen molar-refractivity contribution in [2.24, 2.45) is 23.7 Å². The minimum atomic E-state index is -0.953. The number of alkyl halides is 1. The van der Waals surface area contributed by atoms with Crippen LogP contribution in [0.25, 0.3) is 0 Å². The topological polar surface area (TPSA) is 63.7 Å². The maximum Gasteiger partial charge on any atom is 0.303 e. The maximum atomic E-state index is 13.0. The summed E-state index contributed by atoms with van der Waals surface area (Å²) in [6.07, 6.45) is 4.26. The fourth-order valence-electron chi connectivity index (χ4n) is 5.09. The fourth-order valence-corrected chi connectivity index (χ4v) is 5.48. The van der Waals surface area contributed by atoms with Gasteiger partial charge in [-0.1, -0.05) is 28.4 Å². The monoisotopic (exact) mass is 397 g/mol. The largest absolute Gasteiger partial charge is 0.454 e. The first-order chi connectivity index (χ1) is 11.3. The smallest absolute Gasteiger partial charge is 0.303 e. The highest BCUT2D eigenvalue weighted by Gasteiger charge is 2.67. The Morgan fingerprint density at radius 1 is 1.33 bits per heavy atom. The van der Waals surface area contributed by atoms with Crippen molar-refractivity contribution in [3.8, 4) is 0 Å². The van der Waals surface area contributed by atoms with Gasteiger partial charge in [-0.3, -0.25) is 19.3 Å². The number of hydrogen-bond donors (Lipinski definition) is 0. The van der Waals surface area contributed by atoms with Crippen LogP contribution in [0.4, 0.5) is 0 Å². The summed E-state index contributed by atoms with van der Waals surface area (Å²) >= 11 is 3.38. The predicted octanol–water partition coefficient (Wildman–Crippen LogP) is 2.68. The van der Waals surface area contributed by atoms with E-state index in [1.165, 1.54) is 11.8 Å². The first-order valence-electron chi connectivity index (χ1n) is 8.62. The zero-order valence-electron chi connectivity index (χ0n) is 14.4. The van der Waals surface area contributed by atoms with E-state index in [0.29, 0.717) is 13.0 Å². The van der Waals surface area contributed by atoms with Crippen LogP contribution >= 0.6 is 15.9 Å². The van der Waals surface area contributed by atoms with Gasteiger partial charge in [-0.15, -0.1) is 0 Å². The first kappa shape index (κ1) is 17.6. The number of carbonyl (C=O) groups excluding carboxylic acids is 3. The second kappa shape index (κ2) is 6.28. The van der Waals surface area contributed by atoms with E-state index >= 15 is 0 Å². The number of likely N-dealkylation sites (tertiary alicyclic amines) is 1. The van der Waals surface area contributed by atoms with E-state index in [1.807, 2.05) is 13.0 Å². The zero-order chi connectivity index (χ0) is 17.6. The first-order valence-corrected chi connectivity index (χ1v) is 9.74. The highest BCUT2D eigenvalue weighted by atomic mass is 79.9. The summed E-state index contributed by atoms with van der Waals surface area (Å²) in [4.78, 5) is 39.1. The van der Waals surface area contributed by atoms with Crippen molar-refractivity contribution < 1.29 is 19.1 Å². The summed E-state index contributed by atoms with van der Waals surface area (Å²) in [5, 5.41) is 0.855. The molecule has 4 rings (SSSR count). The molecule has 1 heterocycles. The van der Waals surface area contributed by atoms with Gasteiger partial charge in [0.25, 0.3) is 0 Å². The Kier molecular flexibility index (Phi) is 4.62. The van der Waals surface area contributed by atoms with E-state index in [0.717, 1.165) is 23.7 Å². The summed E-state index contributed by atoms with van der Waals surface area (Å²) < 4.78 is 5.69. The van der Waals surface area contributed by atoms with Gasteiger partial charge in [-0.05, 0) is 44.1 Å². The van der Waals surface area contributed by atoms with Crippen LogP contribution in [0.15, 0.2) is 11.6 Å². The molecule has 0 aromatic rings. The lowest BCUT2D eigenvalue weighted by Gasteiger charge is -2.52. The molecule has 6 heteroatoms. The molecule has 2 bridgehead atoms. The summed E-state index contributed by atoms with van der Waals surface area (Å²) in [6.45, 7) is 5.89. The van der Waals surface area contributed by atoms with Gasteiger partial charge >= 0.3 is 5.97 Å². The molecule has 1 saturated carbocycles. The number of allylic oxidation sites excluding steroid dienone is 1. The highest BCUT2D eigenvalue weighted by Crippen LogP contribution is 2.58. The second-order valence-electron chi connectivity index (χ2n) is 7.37. The number of unbranched alkanes of at least 4 members (excludes halogenated alkanes) is 1. The number of hydrogen-bond acceptors (Lipinski definition) is 4. The van der Waals surface area contributed by atoms with Gasteiger partial charge in [0.2, 0.25) is 11.8 Å². The van der Waals surface area contributed by atoms with Crippen LogP contribution in [0.2, 0.25) is 0 Å². The number of rotatable bonds is 5. The number of fused-ring (bicyclic) bond motifs is 1. The predicted molar refractivity (Wildman–Crippen MR) is 92.3 cm³/mol. The Labute approximate surface area is 150 Å². The molecule has 0 spiro atoms. The SMILES string of the molecule is CC(=O)O[C@]12C=C(C)[C@H](C(C)C1)C1C(=O)N(CCCCBr)C(=O)C12. The number of ether oxygens (including phenoxy) is 1. The minimum Gasteiger partial charge on any atom is -0.454 e. The molecule has 0 aromatic carbocycles. The number of imide groups is 1. The van der Waals surface area contributed by atoms with E-state index in [-0.39, 0.29) is 29.6 Å². The van der Waals surface area contributed by atoms with Gasteiger partial charge in [-0.25, -0.2) is 0 Å². The molecule has 2 amide bonds. The van der Waals surface area contributed by atoms with Crippen LogP contribution in [-0.4, -0.2) is 40.2 Å². The molecule has 0 radical (unpaired) electrons. The summed E-state index contributed by atoms with van der Waals surface area (Å²) in [7, 11) is 0. The molecular formula is C18H24BrNO4. The van der Waals surface area contributed by atoms with Gasteiger partial charge in [0.15, 0.2) is 0 Å². The van der Waals surface area contributed by atoms with Crippen LogP contribution < -0.4 is 0 Å². The Balaban J connectivity index is 1.98. The van der Waals surface area contributed by atoms with Gasteiger partial charge in [0.1, 0.15) is 5.60 Å². The molecular weight excluding hydrogens is 374 g/mol. The van der Waals surface area contributed by atoms with E-state index in [9.17, 15) is 14.4 Å². The number of halogens is 1. The van der Waals surface area contributed by atoms with E-state index in [1.54, 1.807) is 0 Å². The molecule has 3 aliphatic carbocycles. The van der Waals surface area contributed by atoms with E-state index < -0.39 is 17.5 Å². The maximum absolute atomic E-state index is 13.0. The summed E-state index contributed by atoms with van der Waals surface area (Å²) in [5.41, 5.74) is 0.116. The molecule has 3 unspecified atom stereocenters. The average molecular weight is 398 g/mol. The molecule has 2 fully saturated rings. The second-order valence-corrected chi connectivity index (χ2v) is 8.16. The van der Waals surface area contributed by atoms with E-state index in [4.69, 9.17) is 4.74 Å². The van der Waals surface area contributed by atoms with Crippen molar-refractivity contribution in [1.82, 2.24) is 4.90 Å². The number of esters is 1. The fraction of sp³-hybridized carbons (Fsp3) is 0.722. The Hall–Kier alpha value is -1.17. The standard InChI is InChI=1S/C18H24BrNO4/c1-10-8-18(24-12(3)21)9-11(2)13(10)14-15(18)17(23)20(16(14)22)7-5-4-6-19/h8,11,13-15H,4-7,9H2,1-3H3/t11?,13-,14?,15?,18-/m1/s1. The van der Waals surface area contributed by atoms with Crippen molar-refractivity contribution in [2.75, 3.05) is 11.9 Å². The van der Waals surface area contributed by atoms with Crippen LogP contribution in [0.1, 0.15) is 40.0 Å². The van der Waals surface area contributed by atoms with Crippen molar-refractivity contribution in [2.45, 2.75) is 45.6 Å². The minimum absolute atomic E-state index is 0.0741. The Morgan fingerprint density at radius 3 is 2.62 bits per heavy atom. The lowest BCUT2D eigenvalue weighted by atomic mass is 9.54. The van der Waals surface area contributed by atoms with Gasteiger partial charge in [0.05, 0.1) is 11.8 Å². The number of carbonyl (C=O) groups is 3.